The highest BCUT2D eigenvalue weighted by Gasteiger charge is 2.26. The van der Waals surface area contributed by atoms with E-state index in [4.69, 9.17) is 0 Å². The van der Waals surface area contributed by atoms with Crippen LogP contribution in [0.5, 0.6) is 0 Å². The Morgan fingerprint density at radius 2 is 2.11 bits per heavy atom. The van der Waals surface area contributed by atoms with Crippen molar-refractivity contribution in [2.24, 2.45) is 0 Å². The average Bonchev–Trinajstić information content (AvgIpc) is 2.83. The summed E-state index contributed by atoms with van der Waals surface area (Å²) in [5.74, 6) is 0. The van der Waals surface area contributed by atoms with Crippen molar-refractivity contribution < 1.29 is 5.11 Å². The van der Waals surface area contributed by atoms with Gasteiger partial charge >= 0.3 is 0 Å². The van der Waals surface area contributed by atoms with Crippen LogP contribution in [0, 0.1) is 0 Å². The van der Waals surface area contributed by atoms with E-state index in [2.05, 4.69) is 15.0 Å². The molecule has 96 valence electrons. The van der Waals surface area contributed by atoms with Crippen LogP contribution >= 0.6 is 11.8 Å². The minimum Gasteiger partial charge on any atom is -0.391 e. The van der Waals surface area contributed by atoms with Crippen molar-refractivity contribution in [2.45, 2.75) is 42.9 Å². The number of hydrogen-bond donors (Lipinski definition) is 1. The lowest BCUT2D eigenvalue weighted by atomic mass is 9.92. The van der Waals surface area contributed by atoms with Gasteiger partial charge in [-0.05, 0) is 19.1 Å². The minimum atomic E-state index is -0.288. The van der Waals surface area contributed by atoms with E-state index in [-0.39, 0.29) is 12.1 Å². The van der Waals surface area contributed by atoms with Crippen LogP contribution in [0.2, 0.25) is 0 Å². The average molecular weight is 264 g/mol. The second-order valence-electron chi connectivity index (χ2n) is 4.63. The smallest absolute Gasteiger partial charge is 0.164 e. The number of thioether (sulfide) groups is 1. The molecule has 0 aromatic carbocycles. The summed E-state index contributed by atoms with van der Waals surface area (Å²) in [5, 5.41) is 11.0. The predicted molar refractivity (Wildman–Crippen MR) is 70.6 cm³/mol. The first-order valence-electron chi connectivity index (χ1n) is 6.21. The van der Waals surface area contributed by atoms with Gasteiger partial charge in [0, 0.05) is 0 Å². The maximum Gasteiger partial charge on any atom is 0.164 e. The maximum atomic E-state index is 10.1. The molecule has 1 aliphatic rings. The van der Waals surface area contributed by atoms with Crippen LogP contribution in [-0.4, -0.2) is 37.0 Å². The molecule has 2 atom stereocenters. The third-order valence-corrected chi connectivity index (χ3v) is 4.26. The van der Waals surface area contributed by atoms with E-state index in [1.54, 1.807) is 24.4 Å². The Morgan fingerprint density at radius 1 is 1.28 bits per heavy atom. The Kier molecular flexibility index (Phi) is 3.22. The molecule has 2 heterocycles. The van der Waals surface area contributed by atoms with Gasteiger partial charge in [-0.2, -0.15) is 0 Å². The number of rotatable bonds is 2. The van der Waals surface area contributed by atoms with Crippen molar-refractivity contribution in [3.63, 3.8) is 0 Å². The van der Waals surface area contributed by atoms with Gasteiger partial charge in [0.25, 0.3) is 0 Å². The van der Waals surface area contributed by atoms with Gasteiger partial charge in [0.2, 0.25) is 0 Å². The molecular weight excluding hydrogens is 248 g/mol. The summed E-state index contributed by atoms with van der Waals surface area (Å²) in [6, 6.07) is 0.105. The number of aliphatic hydroxyl groups is 1. The van der Waals surface area contributed by atoms with E-state index in [1.165, 1.54) is 0 Å². The summed E-state index contributed by atoms with van der Waals surface area (Å²) in [4.78, 5) is 12.9. The summed E-state index contributed by atoms with van der Waals surface area (Å²) >= 11 is 1.57. The van der Waals surface area contributed by atoms with Gasteiger partial charge in [-0.3, -0.25) is 0 Å². The van der Waals surface area contributed by atoms with E-state index in [0.29, 0.717) is 0 Å². The Balaban J connectivity index is 2.07. The second kappa shape index (κ2) is 4.85. The topological polar surface area (TPSA) is 63.8 Å². The lowest BCUT2D eigenvalue weighted by Crippen LogP contribution is -2.27. The number of nitrogens with zero attached hydrogens (tertiary/aromatic N) is 4. The van der Waals surface area contributed by atoms with Crippen LogP contribution in [-0.2, 0) is 0 Å². The molecule has 1 N–H and O–H groups in total. The molecule has 0 amide bonds. The Bertz CT molecular complexity index is 556. The molecule has 1 aliphatic carbocycles. The summed E-state index contributed by atoms with van der Waals surface area (Å²) in [6.07, 6.45) is 9.17. The van der Waals surface area contributed by atoms with Crippen LogP contribution in [0.3, 0.4) is 0 Å². The van der Waals surface area contributed by atoms with Crippen LogP contribution in [0.1, 0.15) is 31.7 Å². The molecule has 0 bridgehead atoms. The monoisotopic (exact) mass is 264 g/mol. The van der Waals surface area contributed by atoms with Gasteiger partial charge < -0.3 is 9.67 Å². The largest absolute Gasteiger partial charge is 0.391 e. The van der Waals surface area contributed by atoms with Gasteiger partial charge in [-0.15, -0.1) is 11.8 Å². The molecule has 1 saturated carbocycles. The Labute approximate surface area is 110 Å². The fourth-order valence-corrected chi connectivity index (χ4v) is 3.13. The molecule has 2 unspecified atom stereocenters. The van der Waals surface area contributed by atoms with Crippen LogP contribution < -0.4 is 0 Å². The maximum absolute atomic E-state index is 10.1. The quantitative estimate of drug-likeness (QED) is 0.664. The number of fused-ring (bicyclic) bond motifs is 1. The molecule has 3 rings (SSSR count). The zero-order valence-electron chi connectivity index (χ0n) is 10.3. The summed E-state index contributed by atoms with van der Waals surface area (Å²) in [6.45, 7) is 0. The Morgan fingerprint density at radius 3 is 2.89 bits per heavy atom. The fourth-order valence-electron chi connectivity index (χ4n) is 2.64. The first-order chi connectivity index (χ1) is 8.81. The zero-order valence-corrected chi connectivity index (χ0v) is 11.1. The highest BCUT2D eigenvalue weighted by molar-refractivity contribution is 7.98. The second-order valence-corrected chi connectivity index (χ2v) is 5.42. The molecule has 0 aliphatic heterocycles. The first kappa shape index (κ1) is 11.9. The lowest BCUT2D eigenvalue weighted by Gasteiger charge is -2.28. The van der Waals surface area contributed by atoms with Crippen LogP contribution in [0.15, 0.2) is 17.7 Å². The SMILES string of the molecule is CSc1ncnc2c1ncn2C1CCCCC1O. The highest BCUT2D eigenvalue weighted by atomic mass is 32.2. The Hall–Kier alpha value is -1.14. The fraction of sp³-hybridized carbons (Fsp3) is 0.583. The van der Waals surface area contributed by atoms with Gasteiger partial charge in [-0.25, -0.2) is 15.0 Å². The standard InChI is InChI=1S/C12H16N4OS/c1-18-12-10-11(13-6-14-12)16(7-15-10)8-4-2-3-5-9(8)17/h6-9,17H,2-5H2,1H3. The van der Waals surface area contributed by atoms with Crippen LogP contribution in [0.4, 0.5) is 0 Å². The molecule has 0 spiro atoms. The minimum absolute atomic E-state index is 0.105. The molecule has 18 heavy (non-hydrogen) atoms. The normalized spacial score (nSPS) is 24.6. The third-order valence-electron chi connectivity index (χ3n) is 3.57. The molecule has 0 radical (unpaired) electrons. The summed E-state index contributed by atoms with van der Waals surface area (Å²) in [5.41, 5.74) is 1.67. The van der Waals surface area contributed by atoms with E-state index in [9.17, 15) is 5.11 Å². The molecule has 2 aromatic heterocycles. The van der Waals surface area contributed by atoms with Gasteiger partial charge in [0.05, 0.1) is 18.5 Å². The van der Waals surface area contributed by atoms with Crippen molar-refractivity contribution in [1.82, 2.24) is 19.5 Å². The van der Waals surface area contributed by atoms with Crippen molar-refractivity contribution in [3.05, 3.63) is 12.7 Å². The highest BCUT2D eigenvalue weighted by Crippen LogP contribution is 2.31. The van der Waals surface area contributed by atoms with Crippen molar-refractivity contribution in [1.29, 1.82) is 0 Å². The lowest BCUT2D eigenvalue weighted by molar-refractivity contribution is 0.0770. The van der Waals surface area contributed by atoms with Crippen molar-refractivity contribution in [3.8, 4) is 0 Å². The van der Waals surface area contributed by atoms with Gasteiger partial charge in [0.1, 0.15) is 16.9 Å². The summed E-state index contributed by atoms with van der Waals surface area (Å²) in [7, 11) is 0. The summed E-state index contributed by atoms with van der Waals surface area (Å²) < 4.78 is 2.01. The molecule has 1 fully saturated rings. The first-order valence-corrected chi connectivity index (χ1v) is 7.43. The third kappa shape index (κ3) is 1.89. The molecule has 0 saturated heterocycles. The zero-order chi connectivity index (χ0) is 12.5. The van der Waals surface area contributed by atoms with E-state index < -0.39 is 0 Å². The molecule has 5 nitrogen and oxygen atoms in total. The van der Waals surface area contributed by atoms with Crippen molar-refractivity contribution >= 4 is 22.9 Å². The molecule has 2 aromatic rings. The van der Waals surface area contributed by atoms with Crippen LogP contribution in [0.25, 0.3) is 11.2 Å². The molecule has 6 heteroatoms. The number of imidazole rings is 1. The van der Waals surface area contributed by atoms with E-state index in [0.717, 1.165) is 41.9 Å². The van der Waals surface area contributed by atoms with Gasteiger partial charge in [0.15, 0.2) is 5.65 Å². The van der Waals surface area contributed by atoms with E-state index in [1.807, 2.05) is 10.8 Å². The number of hydrogen-bond acceptors (Lipinski definition) is 5. The van der Waals surface area contributed by atoms with Gasteiger partial charge in [-0.1, -0.05) is 12.8 Å². The molecular formula is C12H16N4OS. The number of aromatic nitrogens is 4. The van der Waals surface area contributed by atoms with Crippen molar-refractivity contribution in [2.75, 3.05) is 6.26 Å². The number of aliphatic hydroxyl groups excluding tert-OH is 1. The predicted octanol–water partition coefficient (Wildman–Crippen LogP) is 2.02. The van der Waals surface area contributed by atoms with E-state index >= 15 is 0 Å².